The third-order valence-electron chi connectivity index (χ3n) is 3.63. The van der Waals surface area contributed by atoms with Crippen molar-refractivity contribution in [3.05, 3.63) is 70.9 Å². The maximum atomic E-state index is 12.6. The molecule has 0 saturated heterocycles. The van der Waals surface area contributed by atoms with Gasteiger partial charge in [-0.05, 0) is 18.2 Å². The van der Waals surface area contributed by atoms with E-state index in [0.717, 1.165) is 5.39 Å². The molecule has 0 spiro atoms. The first-order valence-corrected chi connectivity index (χ1v) is 7.34. The summed E-state index contributed by atoms with van der Waals surface area (Å²) >= 11 is 6.03. The topological polar surface area (TPSA) is 74.2 Å². The minimum atomic E-state index is -1.32. The number of ketones is 1. The monoisotopic (exact) mass is 325 g/mol. The Labute approximate surface area is 137 Å². The summed E-state index contributed by atoms with van der Waals surface area (Å²) in [6, 6.07) is 17.2. The predicted octanol–water partition coefficient (Wildman–Crippen LogP) is 4.14. The molecular weight excluding hydrogens is 314 g/mol. The lowest BCUT2D eigenvalue weighted by Gasteiger charge is -2.16. The van der Waals surface area contributed by atoms with Crippen molar-refractivity contribution in [2.75, 3.05) is 0 Å². The molecule has 4 nitrogen and oxygen atoms in total. The average molecular weight is 326 g/mol. The molecule has 3 rings (SSSR count). The fourth-order valence-corrected chi connectivity index (χ4v) is 2.67. The van der Waals surface area contributed by atoms with Crippen molar-refractivity contribution in [3.8, 4) is 6.07 Å². The van der Waals surface area contributed by atoms with E-state index in [1.807, 2.05) is 18.2 Å². The van der Waals surface area contributed by atoms with Crippen LogP contribution in [0.2, 0.25) is 5.02 Å². The third kappa shape index (κ3) is 2.85. The highest BCUT2D eigenvalue weighted by molar-refractivity contribution is 6.31. The number of hydrogen-bond acceptors (Lipinski definition) is 4. The average Bonchev–Trinajstić information content (AvgIpc) is 2.99. The van der Waals surface area contributed by atoms with Gasteiger partial charge in [-0.1, -0.05) is 48.0 Å². The number of carbonyl (C=O) groups is 1. The van der Waals surface area contributed by atoms with Crippen LogP contribution in [0, 0.1) is 17.2 Å². The second kappa shape index (κ2) is 6.25. The first kappa shape index (κ1) is 15.3. The molecule has 3 aromatic rings. The van der Waals surface area contributed by atoms with E-state index >= 15 is 0 Å². The van der Waals surface area contributed by atoms with Crippen molar-refractivity contribution in [1.29, 1.82) is 5.26 Å². The number of fused-ring (bicyclic) bond motifs is 1. The fraction of sp³-hybridized carbons (Fsp3) is 0.111. The quantitative estimate of drug-likeness (QED) is 0.731. The fourth-order valence-electron chi connectivity index (χ4n) is 2.42. The third-order valence-corrected chi connectivity index (χ3v) is 3.97. The Morgan fingerprint density at radius 3 is 2.57 bits per heavy atom. The minimum Gasteiger partial charge on any atom is -0.453 e. The summed E-state index contributed by atoms with van der Waals surface area (Å²) < 4.78 is 5.48. The summed E-state index contributed by atoms with van der Waals surface area (Å²) in [6.45, 7) is 0. The maximum absolute atomic E-state index is 12.6. The highest BCUT2D eigenvalue weighted by atomic mass is 35.5. The Hall–Kier alpha value is -2.61. The van der Waals surface area contributed by atoms with Crippen LogP contribution in [-0.2, 0) is 0 Å². The van der Waals surface area contributed by atoms with Crippen molar-refractivity contribution in [2.24, 2.45) is 5.92 Å². The number of benzene rings is 2. The van der Waals surface area contributed by atoms with E-state index in [-0.39, 0.29) is 5.76 Å². The molecule has 114 valence electrons. The molecule has 2 unspecified atom stereocenters. The molecule has 0 amide bonds. The number of hydrogen-bond donors (Lipinski definition) is 1. The Kier molecular flexibility index (Phi) is 4.16. The van der Waals surface area contributed by atoms with E-state index < -0.39 is 17.8 Å². The Morgan fingerprint density at radius 2 is 1.87 bits per heavy atom. The second-order valence-corrected chi connectivity index (χ2v) is 5.49. The highest BCUT2D eigenvalue weighted by Gasteiger charge is 2.32. The normalized spacial score (nSPS) is 13.4. The van der Waals surface area contributed by atoms with Gasteiger partial charge in [-0.3, -0.25) is 4.79 Å². The number of para-hydroxylation sites is 1. The zero-order valence-electron chi connectivity index (χ0n) is 11.9. The van der Waals surface area contributed by atoms with Gasteiger partial charge in [-0.25, -0.2) is 0 Å². The molecule has 0 radical (unpaired) electrons. The molecule has 2 atom stereocenters. The summed E-state index contributed by atoms with van der Waals surface area (Å²) in [7, 11) is 0. The van der Waals surface area contributed by atoms with E-state index in [1.165, 1.54) is 0 Å². The van der Waals surface area contributed by atoms with Gasteiger partial charge in [-0.2, -0.15) is 5.26 Å². The lowest BCUT2D eigenvalue weighted by molar-refractivity contribution is 0.0751. The standard InChI is InChI=1S/C18H12ClNO3/c19-14-7-3-2-6-12(14)17(21)13(10-20)18(22)16-9-11-5-1-4-8-15(11)23-16/h1-9,13,17,21H. The summed E-state index contributed by atoms with van der Waals surface area (Å²) in [4.78, 5) is 12.6. The number of aliphatic hydroxyl groups is 1. The SMILES string of the molecule is N#CC(C(=O)c1cc2ccccc2o1)C(O)c1ccccc1Cl. The Bertz CT molecular complexity index is 877. The summed E-state index contributed by atoms with van der Waals surface area (Å²) in [6.07, 6.45) is -1.32. The first-order valence-electron chi connectivity index (χ1n) is 6.96. The number of Topliss-reactive ketones (excluding diaryl/α,β-unsaturated/α-hetero) is 1. The van der Waals surface area contributed by atoms with Gasteiger partial charge in [0.05, 0.1) is 6.07 Å². The minimum absolute atomic E-state index is 0.0452. The van der Waals surface area contributed by atoms with E-state index in [4.69, 9.17) is 16.0 Å². The van der Waals surface area contributed by atoms with Crippen LogP contribution in [0.4, 0.5) is 0 Å². The van der Waals surface area contributed by atoms with E-state index in [0.29, 0.717) is 16.2 Å². The number of rotatable bonds is 4. The van der Waals surface area contributed by atoms with Crippen LogP contribution in [0.5, 0.6) is 0 Å². The molecule has 1 heterocycles. The van der Waals surface area contributed by atoms with Crippen LogP contribution in [0.25, 0.3) is 11.0 Å². The smallest absolute Gasteiger partial charge is 0.218 e. The molecule has 23 heavy (non-hydrogen) atoms. The van der Waals surface area contributed by atoms with Crippen LogP contribution in [0.15, 0.2) is 59.0 Å². The van der Waals surface area contributed by atoms with Crippen LogP contribution < -0.4 is 0 Å². The zero-order chi connectivity index (χ0) is 16.4. The van der Waals surface area contributed by atoms with Crippen molar-refractivity contribution in [2.45, 2.75) is 6.10 Å². The number of aliphatic hydroxyl groups excluding tert-OH is 1. The molecule has 1 aromatic heterocycles. The second-order valence-electron chi connectivity index (χ2n) is 5.09. The molecule has 0 aliphatic rings. The molecule has 0 aliphatic carbocycles. The maximum Gasteiger partial charge on any atom is 0.218 e. The number of carbonyl (C=O) groups excluding carboxylic acids is 1. The van der Waals surface area contributed by atoms with Crippen LogP contribution in [0.3, 0.4) is 0 Å². The summed E-state index contributed by atoms with van der Waals surface area (Å²) in [5, 5.41) is 20.8. The first-order chi connectivity index (χ1) is 11.1. The zero-order valence-corrected chi connectivity index (χ0v) is 12.7. The molecule has 1 N–H and O–H groups in total. The van der Waals surface area contributed by atoms with Crippen molar-refractivity contribution in [3.63, 3.8) is 0 Å². The number of halogens is 1. The van der Waals surface area contributed by atoms with Crippen molar-refractivity contribution >= 4 is 28.4 Å². The van der Waals surface area contributed by atoms with E-state index in [1.54, 1.807) is 42.5 Å². The van der Waals surface area contributed by atoms with Crippen LogP contribution in [-0.4, -0.2) is 10.9 Å². The number of nitriles is 1. The van der Waals surface area contributed by atoms with Gasteiger partial charge in [-0.15, -0.1) is 0 Å². The van der Waals surface area contributed by atoms with Crippen molar-refractivity contribution in [1.82, 2.24) is 0 Å². The van der Waals surface area contributed by atoms with Gasteiger partial charge < -0.3 is 9.52 Å². The lowest BCUT2D eigenvalue weighted by atomic mass is 9.92. The number of furan rings is 1. The van der Waals surface area contributed by atoms with Gasteiger partial charge in [0, 0.05) is 16.0 Å². The predicted molar refractivity (Wildman–Crippen MR) is 86.1 cm³/mol. The van der Waals surface area contributed by atoms with E-state index in [9.17, 15) is 15.2 Å². The molecule has 2 aromatic carbocycles. The van der Waals surface area contributed by atoms with Gasteiger partial charge in [0.15, 0.2) is 5.76 Å². The van der Waals surface area contributed by atoms with Gasteiger partial charge in [0.2, 0.25) is 5.78 Å². The summed E-state index contributed by atoms with van der Waals surface area (Å²) in [5.41, 5.74) is 0.893. The molecule has 0 saturated carbocycles. The van der Waals surface area contributed by atoms with E-state index in [2.05, 4.69) is 0 Å². The number of nitrogens with zero attached hydrogens (tertiary/aromatic N) is 1. The van der Waals surface area contributed by atoms with Crippen molar-refractivity contribution < 1.29 is 14.3 Å². The molecule has 0 fully saturated rings. The highest BCUT2D eigenvalue weighted by Crippen LogP contribution is 2.31. The van der Waals surface area contributed by atoms with Gasteiger partial charge in [0.1, 0.15) is 17.6 Å². The molecule has 5 heteroatoms. The molecule has 0 aliphatic heterocycles. The Morgan fingerprint density at radius 1 is 1.17 bits per heavy atom. The summed E-state index contributed by atoms with van der Waals surface area (Å²) in [5.74, 6) is -1.82. The largest absolute Gasteiger partial charge is 0.453 e. The Balaban J connectivity index is 1.95. The van der Waals surface area contributed by atoms with Crippen LogP contribution in [0.1, 0.15) is 22.2 Å². The van der Waals surface area contributed by atoms with Crippen LogP contribution >= 0.6 is 11.6 Å². The lowest BCUT2D eigenvalue weighted by Crippen LogP contribution is -2.21. The molecular formula is C18H12ClNO3. The van der Waals surface area contributed by atoms with Gasteiger partial charge in [0.25, 0.3) is 0 Å². The molecule has 0 bridgehead atoms. The van der Waals surface area contributed by atoms with Gasteiger partial charge >= 0.3 is 0 Å².